The van der Waals surface area contributed by atoms with Gasteiger partial charge in [0.1, 0.15) is 12.3 Å². The Morgan fingerprint density at radius 3 is 2.44 bits per heavy atom. The molecule has 0 aliphatic carbocycles. The molecule has 0 radical (unpaired) electrons. The van der Waals surface area contributed by atoms with Crippen molar-refractivity contribution in [1.29, 1.82) is 0 Å². The third-order valence-corrected chi connectivity index (χ3v) is 5.95. The van der Waals surface area contributed by atoms with Crippen LogP contribution in [0.15, 0.2) is 59.7 Å². The molecule has 3 aromatic rings. The van der Waals surface area contributed by atoms with E-state index < -0.39 is 0 Å². The molecule has 2 heterocycles. The number of amides is 1. The quantitative estimate of drug-likeness (QED) is 0.594. The molecule has 1 aliphatic rings. The number of anilines is 1. The lowest BCUT2D eigenvalue weighted by molar-refractivity contribution is -0.132. The minimum atomic E-state index is -0.257. The molecule has 2 aromatic carbocycles. The van der Waals surface area contributed by atoms with Crippen LogP contribution in [0.1, 0.15) is 5.56 Å². The Hall–Kier alpha value is -3.32. The van der Waals surface area contributed by atoms with Gasteiger partial charge in [0, 0.05) is 48.5 Å². The van der Waals surface area contributed by atoms with Gasteiger partial charge < -0.3 is 14.5 Å². The minimum absolute atomic E-state index is 0.0229. The first-order valence-electron chi connectivity index (χ1n) is 10.4. The van der Waals surface area contributed by atoms with E-state index in [2.05, 4.69) is 16.8 Å². The Kier molecular flexibility index (Phi) is 6.46. The molecule has 0 N–H and O–H groups in total. The van der Waals surface area contributed by atoms with E-state index in [-0.39, 0.29) is 18.0 Å². The largest absolute Gasteiger partial charge is 0.497 e. The highest BCUT2D eigenvalue weighted by molar-refractivity contribution is 6.30. The maximum Gasteiger partial charge on any atom is 0.254 e. The normalized spacial score (nSPS) is 13.8. The van der Waals surface area contributed by atoms with Crippen molar-refractivity contribution in [2.75, 3.05) is 38.2 Å². The third-order valence-electron chi connectivity index (χ3n) is 5.72. The zero-order valence-electron chi connectivity index (χ0n) is 18.1. The fourth-order valence-corrected chi connectivity index (χ4v) is 4.00. The third kappa shape index (κ3) is 4.78. The van der Waals surface area contributed by atoms with Crippen molar-refractivity contribution < 1.29 is 9.53 Å². The number of benzene rings is 2. The maximum absolute atomic E-state index is 12.8. The van der Waals surface area contributed by atoms with Crippen LogP contribution in [0.25, 0.3) is 11.3 Å². The number of hydrogen-bond donors (Lipinski definition) is 0. The summed E-state index contributed by atoms with van der Waals surface area (Å²) in [6, 6.07) is 14.6. The molecule has 4 rings (SSSR count). The van der Waals surface area contributed by atoms with Crippen molar-refractivity contribution in [1.82, 2.24) is 14.5 Å². The predicted octanol–water partition coefficient (Wildman–Crippen LogP) is 3.23. The predicted molar refractivity (Wildman–Crippen MR) is 125 cm³/mol. The van der Waals surface area contributed by atoms with E-state index in [1.807, 2.05) is 42.5 Å². The van der Waals surface area contributed by atoms with E-state index in [0.717, 1.165) is 35.7 Å². The van der Waals surface area contributed by atoms with Crippen molar-refractivity contribution in [2.45, 2.75) is 13.5 Å². The molecule has 166 valence electrons. The van der Waals surface area contributed by atoms with Crippen LogP contribution in [0.2, 0.25) is 5.02 Å². The molecule has 1 aliphatic heterocycles. The lowest BCUT2D eigenvalue weighted by atomic mass is 10.1. The number of carbonyl (C=O) groups excluding carboxylic acids is 1. The molecule has 0 bridgehead atoms. The van der Waals surface area contributed by atoms with Gasteiger partial charge in [-0.2, -0.15) is 0 Å². The van der Waals surface area contributed by atoms with Crippen LogP contribution in [0.3, 0.4) is 0 Å². The first-order valence-corrected chi connectivity index (χ1v) is 10.8. The Balaban J connectivity index is 1.39. The molecule has 7 nitrogen and oxygen atoms in total. The summed E-state index contributed by atoms with van der Waals surface area (Å²) in [5.41, 5.74) is 3.37. The van der Waals surface area contributed by atoms with Crippen molar-refractivity contribution in [3.63, 3.8) is 0 Å². The van der Waals surface area contributed by atoms with E-state index in [1.165, 1.54) is 17.0 Å². The zero-order chi connectivity index (χ0) is 22.7. The van der Waals surface area contributed by atoms with Crippen LogP contribution in [0, 0.1) is 6.92 Å². The first-order chi connectivity index (χ1) is 15.4. The highest BCUT2D eigenvalue weighted by Crippen LogP contribution is 2.25. The zero-order valence-corrected chi connectivity index (χ0v) is 18.9. The van der Waals surface area contributed by atoms with E-state index in [1.54, 1.807) is 12.0 Å². The summed E-state index contributed by atoms with van der Waals surface area (Å²) in [7, 11) is 1.60. The average molecular weight is 453 g/mol. The van der Waals surface area contributed by atoms with E-state index in [9.17, 15) is 9.59 Å². The smallest absolute Gasteiger partial charge is 0.254 e. The molecule has 32 heavy (non-hydrogen) atoms. The van der Waals surface area contributed by atoms with Gasteiger partial charge >= 0.3 is 0 Å². The van der Waals surface area contributed by atoms with Gasteiger partial charge in [0.15, 0.2) is 0 Å². The standard InChI is InChI=1S/C24H25ClN4O3/c1-17-3-6-19(25)13-22(17)27-9-11-28(12-10-27)24(31)15-29-16-26-21(14-23(29)30)18-4-7-20(32-2)8-5-18/h3-8,13-14,16H,9-12,15H2,1-2H3. The second-order valence-electron chi connectivity index (χ2n) is 7.77. The van der Waals surface area contributed by atoms with Gasteiger partial charge in [0.05, 0.1) is 19.1 Å². The van der Waals surface area contributed by atoms with Crippen LogP contribution >= 0.6 is 11.6 Å². The number of nitrogens with zero attached hydrogens (tertiary/aromatic N) is 4. The van der Waals surface area contributed by atoms with Gasteiger partial charge in [-0.3, -0.25) is 14.2 Å². The molecular weight excluding hydrogens is 428 g/mol. The highest BCUT2D eigenvalue weighted by atomic mass is 35.5. The molecule has 1 amide bonds. The number of rotatable bonds is 5. The van der Waals surface area contributed by atoms with Gasteiger partial charge in [0.25, 0.3) is 5.56 Å². The highest BCUT2D eigenvalue weighted by Gasteiger charge is 2.22. The van der Waals surface area contributed by atoms with Crippen molar-refractivity contribution in [3.05, 3.63) is 75.8 Å². The molecule has 1 fully saturated rings. The van der Waals surface area contributed by atoms with Crippen LogP contribution in [0.5, 0.6) is 5.75 Å². The molecule has 8 heteroatoms. The Bertz CT molecular complexity index is 1170. The summed E-state index contributed by atoms with van der Waals surface area (Å²) >= 11 is 6.15. The second-order valence-corrected chi connectivity index (χ2v) is 8.20. The van der Waals surface area contributed by atoms with E-state index >= 15 is 0 Å². The molecule has 0 unspecified atom stereocenters. The molecule has 0 atom stereocenters. The fraction of sp³-hybridized carbons (Fsp3) is 0.292. The van der Waals surface area contributed by atoms with Crippen LogP contribution in [0.4, 0.5) is 5.69 Å². The Morgan fingerprint density at radius 1 is 1.06 bits per heavy atom. The Labute approximate surface area is 191 Å². The number of aryl methyl sites for hydroxylation is 1. The molecule has 0 saturated carbocycles. The number of methoxy groups -OCH3 is 1. The minimum Gasteiger partial charge on any atom is -0.497 e. The summed E-state index contributed by atoms with van der Waals surface area (Å²) < 4.78 is 6.50. The summed E-state index contributed by atoms with van der Waals surface area (Å²) in [6.07, 6.45) is 1.44. The molecular formula is C24H25ClN4O3. The second kappa shape index (κ2) is 9.44. The van der Waals surface area contributed by atoms with E-state index in [0.29, 0.717) is 23.8 Å². The molecule has 1 saturated heterocycles. The van der Waals surface area contributed by atoms with Gasteiger partial charge in [-0.05, 0) is 48.9 Å². The molecule has 0 spiro atoms. The van der Waals surface area contributed by atoms with Crippen molar-refractivity contribution in [2.24, 2.45) is 0 Å². The first kappa shape index (κ1) is 21.9. The van der Waals surface area contributed by atoms with Crippen molar-refractivity contribution >= 4 is 23.2 Å². The lowest BCUT2D eigenvalue weighted by Crippen LogP contribution is -2.50. The van der Waals surface area contributed by atoms with Crippen LogP contribution < -0.4 is 15.2 Å². The Morgan fingerprint density at radius 2 is 1.78 bits per heavy atom. The summed E-state index contributed by atoms with van der Waals surface area (Å²) in [5.74, 6) is 0.645. The number of ether oxygens (including phenoxy) is 1. The topological polar surface area (TPSA) is 67.7 Å². The fourth-order valence-electron chi connectivity index (χ4n) is 3.83. The van der Waals surface area contributed by atoms with Crippen molar-refractivity contribution in [3.8, 4) is 17.0 Å². The number of piperazine rings is 1. The average Bonchev–Trinajstić information content (AvgIpc) is 2.82. The van der Waals surface area contributed by atoms with E-state index in [4.69, 9.17) is 16.3 Å². The number of halogens is 1. The SMILES string of the molecule is COc1ccc(-c2cc(=O)n(CC(=O)N3CCN(c4cc(Cl)ccc4C)CC3)cn2)cc1. The van der Waals surface area contributed by atoms with Gasteiger partial charge in [-0.15, -0.1) is 0 Å². The number of carbonyl (C=O) groups is 1. The lowest BCUT2D eigenvalue weighted by Gasteiger charge is -2.37. The number of hydrogen-bond acceptors (Lipinski definition) is 5. The summed E-state index contributed by atoms with van der Waals surface area (Å²) in [6.45, 7) is 4.66. The maximum atomic E-state index is 12.8. The number of aromatic nitrogens is 2. The van der Waals surface area contributed by atoms with Crippen LogP contribution in [-0.2, 0) is 11.3 Å². The van der Waals surface area contributed by atoms with Gasteiger partial charge in [-0.1, -0.05) is 17.7 Å². The molecule has 1 aromatic heterocycles. The van der Waals surface area contributed by atoms with Gasteiger partial charge in [-0.25, -0.2) is 4.98 Å². The van der Waals surface area contributed by atoms with Gasteiger partial charge in [0.2, 0.25) is 5.91 Å². The summed E-state index contributed by atoms with van der Waals surface area (Å²) in [5, 5.41) is 0.703. The monoisotopic (exact) mass is 452 g/mol. The summed E-state index contributed by atoms with van der Waals surface area (Å²) in [4.78, 5) is 33.8. The van der Waals surface area contributed by atoms with Crippen LogP contribution in [-0.4, -0.2) is 53.6 Å².